The van der Waals surface area contributed by atoms with Gasteiger partial charge in [-0.2, -0.15) is 5.26 Å². The Morgan fingerprint density at radius 1 is 0.397 bits per heavy atom. The molecule has 0 N–H and O–H groups in total. The molecule has 0 fully saturated rings. The molecule has 0 aliphatic heterocycles. The number of rotatable bonds is 6. The third-order valence-corrected chi connectivity index (χ3v) is 15.0. The molecule has 0 spiro atoms. The summed E-state index contributed by atoms with van der Waals surface area (Å²) in [6, 6.07) is 37.9. The molecule has 1 nitrogen and oxygen atoms in total. The Hall–Kier alpha value is -5.05. The predicted molar refractivity (Wildman–Crippen MR) is 328 cm³/mol. The molecule has 392 valence electrons. The van der Waals surface area contributed by atoms with Crippen molar-refractivity contribution in [3.05, 3.63) is 208 Å². The summed E-state index contributed by atoms with van der Waals surface area (Å²) in [5, 5.41) is 16.6. The molecule has 6 aromatic carbocycles. The third kappa shape index (κ3) is 19.6. The molecule has 0 radical (unpaired) electrons. The van der Waals surface area contributed by atoms with Crippen molar-refractivity contribution >= 4 is 54.4 Å². The van der Waals surface area contributed by atoms with Crippen molar-refractivity contribution in [3.63, 3.8) is 0 Å². The van der Waals surface area contributed by atoms with Crippen LogP contribution in [-0.4, -0.2) is 0 Å². The summed E-state index contributed by atoms with van der Waals surface area (Å²) in [4.78, 5) is 0. The highest BCUT2D eigenvalue weighted by molar-refractivity contribution is 7.17. The minimum Gasteiger partial charge on any atom is -0.207 e. The maximum Gasteiger partial charge on any atom is 0.126 e. The quantitative estimate of drug-likeness (QED) is 0.163. The van der Waals surface area contributed by atoms with Crippen LogP contribution in [0.3, 0.4) is 0 Å². The Balaban J connectivity index is 0.000000300. The Morgan fingerprint density at radius 2 is 0.781 bits per heavy atom. The van der Waals surface area contributed by atoms with Crippen molar-refractivity contribution in [2.75, 3.05) is 0 Å². The molecule has 0 amide bonds. The molecule has 2 aromatic heterocycles. The fourth-order valence-electron chi connectivity index (χ4n) is 9.13. The van der Waals surface area contributed by atoms with E-state index in [1.165, 1.54) is 86.9 Å². The molecular formula is C68H89ClFNS2. The summed E-state index contributed by atoms with van der Waals surface area (Å²) in [5.41, 5.74) is 19.0. The lowest BCUT2D eigenvalue weighted by Crippen LogP contribution is -1.95. The van der Waals surface area contributed by atoms with Gasteiger partial charge in [-0.1, -0.05) is 150 Å². The minimum absolute atomic E-state index is 0. The number of hydrogen-bond donors (Lipinski definition) is 0. The first-order valence-corrected chi connectivity index (χ1v) is 28.0. The zero-order valence-electron chi connectivity index (χ0n) is 47.5. The molecule has 0 atom stereocenters. The topological polar surface area (TPSA) is 23.8 Å². The zero-order chi connectivity index (χ0) is 54.1. The van der Waals surface area contributed by atoms with Crippen molar-refractivity contribution < 1.29 is 4.39 Å². The van der Waals surface area contributed by atoms with Crippen molar-refractivity contribution in [3.8, 4) is 6.07 Å². The summed E-state index contributed by atoms with van der Waals surface area (Å²) in [5.74, 6) is 3.35. The van der Waals surface area contributed by atoms with Crippen LogP contribution < -0.4 is 0 Å². The molecule has 2 heterocycles. The van der Waals surface area contributed by atoms with E-state index in [0.717, 1.165) is 21.7 Å². The smallest absolute Gasteiger partial charge is 0.126 e. The summed E-state index contributed by atoms with van der Waals surface area (Å²) in [7, 11) is 0. The first kappa shape index (κ1) is 64.1. The van der Waals surface area contributed by atoms with Gasteiger partial charge in [-0.25, -0.2) is 4.39 Å². The van der Waals surface area contributed by atoms with Gasteiger partial charge < -0.3 is 0 Å². The summed E-state index contributed by atoms with van der Waals surface area (Å²) >= 11 is 9.47. The van der Waals surface area contributed by atoms with Gasteiger partial charge in [0.1, 0.15) is 5.82 Å². The van der Waals surface area contributed by atoms with Crippen LogP contribution in [-0.2, 0) is 0 Å². The largest absolute Gasteiger partial charge is 0.207 e. The van der Waals surface area contributed by atoms with Crippen molar-refractivity contribution in [1.82, 2.24) is 0 Å². The van der Waals surface area contributed by atoms with E-state index in [9.17, 15) is 4.39 Å². The molecule has 73 heavy (non-hydrogen) atoms. The van der Waals surface area contributed by atoms with Crippen LogP contribution >= 0.6 is 34.3 Å². The van der Waals surface area contributed by atoms with E-state index in [1.54, 1.807) is 13.0 Å². The van der Waals surface area contributed by atoms with Gasteiger partial charge in [-0.15, -0.1) is 22.7 Å². The molecule has 0 unspecified atom stereocenters. The molecule has 8 rings (SSSR count). The summed E-state index contributed by atoms with van der Waals surface area (Å²) in [6.07, 6.45) is 0. The van der Waals surface area contributed by atoms with Crippen molar-refractivity contribution in [2.45, 2.75) is 181 Å². The highest BCUT2D eigenvalue weighted by atomic mass is 35.5. The van der Waals surface area contributed by atoms with Crippen LogP contribution in [0, 0.1) is 72.5 Å². The molecular weight excluding hydrogens is 949 g/mol. The average Bonchev–Trinajstić information content (AvgIpc) is 3.96. The number of aryl methyl sites for hydroxylation is 8. The Labute approximate surface area is 456 Å². The molecule has 5 heteroatoms. The maximum absolute atomic E-state index is 13.1. The number of halogens is 2. The second kappa shape index (κ2) is 30.4. The number of nitriles is 1. The third-order valence-electron chi connectivity index (χ3n) is 13.0. The Bertz CT molecular complexity index is 2870. The van der Waals surface area contributed by atoms with Gasteiger partial charge >= 0.3 is 0 Å². The SMILES string of the molecule is C.Cc1cc(C#N)ccc1C(C)C.Cc1cc(C)c(C(C)C)cc1F.Cc1cc(Cl)ccc1C(C)C.Cc1cc2ccsc2cc1C(C)C.Cc1cc2sccc2cc1C(C)C.Cc1ccc(C(C)C)c(C)c1. The molecule has 0 aliphatic rings. The number of nitrogens with zero attached hydrogens (tertiary/aromatic N) is 1. The first-order chi connectivity index (χ1) is 33.7. The van der Waals surface area contributed by atoms with E-state index in [0.29, 0.717) is 35.5 Å². The summed E-state index contributed by atoms with van der Waals surface area (Å²) < 4.78 is 15.9. The predicted octanol–water partition coefficient (Wildman–Crippen LogP) is 23.1. The first-order valence-electron chi connectivity index (χ1n) is 25.8. The van der Waals surface area contributed by atoms with E-state index in [-0.39, 0.29) is 13.2 Å². The van der Waals surface area contributed by atoms with Crippen LogP contribution in [0.2, 0.25) is 5.02 Å². The second-order valence-corrected chi connectivity index (χ2v) is 23.6. The normalized spacial score (nSPS) is 10.7. The van der Waals surface area contributed by atoms with Gasteiger partial charge in [0.2, 0.25) is 0 Å². The average molecular weight is 1040 g/mol. The maximum atomic E-state index is 13.1. The number of thiophene rings is 2. The lowest BCUT2D eigenvalue weighted by Gasteiger charge is -2.10. The van der Waals surface area contributed by atoms with E-state index in [1.807, 2.05) is 66.0 Å². The highest BCUT2D eigenvalue weighted by Crippen LogP contribution is 2.30. The van der Waals surface area contributed by atoms with Crippen LogP contribution in [0.15, 0.2) is 114 Å². The zero-order valence-corrected chi connectivity index (χ0v) is 49.8. The van der Waals surface area contributed by atoms with E-state index in [2.05, 4.69) is 202 Å². The Morgan fingerprint density at radius 3 is 1.25 bits per heavy atom. The van der Waals surface area contributed by atoms with Gasteiger partial charge in [0, 0.05) is 14.4 Å². The summed E-state index contributed by atoms with van der Waals surface area (Å²) in [6.45, 7) is 43.0. The van der Waals surface area contributed by atoms with Gasteiger partial charge in [0.25, 0.3) is 0 Å². The monoisotopic (exact) mass is 1040 g/mol. The van der Waals surface area contributed by atoms with Crippen molar-refractivity contribution in [1.29, 1.82) is 5.26 Å². The molecule has 0 aliphatic carbocycles. The molecule has 0 saturated carbocycles. The van der Waals surface area contributed by atoms with E-state index < -0.39 is 0 Å². The number of hydrogen-bond acceptors (Lipinski definition) is 3. The number of fused-ring (bicyclic) bond motifs is 2. The standard InChI is InChI=1S/2C12H14S.C11H15F.C11H13N.C11H16.C10H13Cl.CH4/c1-8(2)11-7-10-4-5-13-12(10)6-9(11)3;1-8(2)11-7-12-10(4-5-13-12)6-9(11)3;1-7(2)10-6-11(12)9(4)5-8(10)3;1-8(2)11-5-4-10(7-12)6-9(11)3;1-8(2)11-6-5-9(3)7-10(11)4;1-7(2)10-5-4-9(11)6-8(10)3;/h2*4-8H,1-3H3;5-7H,1-4H3;4-6,8H,1-3H3;5-8H,1-4H3;4-7H,1-3H3;1H4. The molecule has 0 bridgehead atoms. The van der Waals surface area contributed by atoms with Gasteiger partial charge in [-0.05, 0) is 245 Å². The van der Waals surface area contributed by atoms with Gasteiger partial charge in [-0.3, -0.25) is 0 Å². The van der Waals surface area contributed by atoms with Gasteiger partial charge in [0.05, 0.1) is 11.6 Å². The van der Waals surface area contributed by atoms with Crippen LogP contribution in [0.5, 0.6) is 0 Å². The molecule has 8 aromatic rings. The fraction of sp³-hybridized carbons (Fsp3) is 0.397. The van der Waals surface area contributed by atoms with E-state index >= 15 is 0 Å². The van der Waals surface area contributed by atoms with Gasteiger partial charge in [0.15, 0.2) is 0 Å². The lowest BCUT2D eigenvalue weighted by molar-refractivity contribution is 0.613. The fourth-order valence-corrected chi connectivity index (χ4v) is 11.0. The second-order valence-electron chi connectivity index (χ2n) is 21.3. The van der Waals surface area contributed by atoms with Crippen LogP contribution in [0.1, 0.15) is 209 Å². The highest BCUT2D eigenvalue weighted by Gasteiger charge is 2.09. The minimum atomic E-state index is -0.0932. The van der Waals surface area contributed by atoms with Crippen LogP contribution in [0.4, 0.5) is 4.39 Å². The lowest BCUT2D eigenvalue weighted by atomic mass is 9.96. The number of benzene rings is 6. The van der Waals surface area contributed by atoms with Crippen LogP contribution in [0.25, 0.3) is 20.2 Å². The van der Waals surface area contributed by atoms with E-state index in [4.69, 9.17) is 16.9 Å². The van der Waals surface area contributed by atoms with Crippen molar-refractivity contribution in [2.24, 2.45) is 0 Å². The Kier molecular flexibility index (Phi) is 26.6. The molecule has 0 saturated heterocycles.